The molecule has 4 fully saturated rings. The summed E-state index contributed by atoms with van der Waals surface area (Å²) in [6.07, 6.45) is 11.3. The van der Waals surface area contributed by atoms with Gasteiger partial charge in [-0.3, -0.25) is 19.3 Å². The molecule has 3 saturated carbocycles. The van der Waals surface area contributed by atoms with Crippen molar-refractivity contribution in [3.05, 3.63) is 64.7 Å². The van der Waals surface area contributed by atoms with Gasteiger partial charge in [0.2, 0.25) is 6.79 Å². The Bertz CT molecular complexity index is 1680. The second kappa shape index (κ2) is 16.6. The summed E-state index contributed by atoms with van der Waals surface area (Å²) in [6, 6.07) is 13.1. The van der Waals surface area contributed by atoms with Crippen LogP contribution in [0.25, 0.3) is 0 Å². The molecule has 2 aromatic rings. The second-order valence-corrected chi connectivity index (χ2v) is 16.4. The number of benzene rings is 2. The minimum Gasteiger partial charge on any atom is -0.484 e. The zero-order valence-electron chi connectivity index (χ0n) is 31.3. The zero-order valence-corrected chi connectivity index (χ0v) is 32.9. The second-order valence-electron chi connectivity index (χ2n) is 16.0. The third kappa shape index (κ3) is 8.37. The van der Waals surface area contributed by atoms with Gasteiger partial charge in [0, 0.05) is 56.0 Å². The molecule has 0 radical (unpaired) electrons. The van der Waals surface area contributed by atoms with Crippen molar-refractivity contribution in [1.29, 1.82) is 0 Å². The van der Waals surface area contributed by atoms with Crippen molar-refractivity contribution >= 4 is 41.7 Å². The van der Waals surface area contributed by atoms with E-state index in [1.54, 1.807) is 24.3 Å². The predicted molar refractivity (Wildman–Crippen MR) is 205 cm³/mol. The van der Waals surface area contributed by atoms with Crippen molar-refractivity contribution in [1.82, 2.24) is 9.80 Å². The van der Waals surface area contributed by atoms with Crippen LogP contribution in [-0.4, -0.2) is 73.1 Å². The predicted octanol–water partition coefficient (Wildman–Crippen LogP) is 8.05. The first-order chi connectivity index (χ1) is 25.1. The molecule has 53 heavy (non-hydrogen) atoms. The van der Waals surface area contributed by atoms with Crippen molar-refractivity contribution in [2.75, 3.05) is 39.6 Å². The maximum absolute atomic E-state index is 12.4. The monoisotopic (exact) mass is 768 g/mol. The zero-order chi connectivity index (χ0) is 36.5. The molecule has 0 aromatic heterocycles. The fraction of sp³-hybridized carbons (Fsp3) is 0.595. The van der Waals surface area contributed by atoms with E-state index in [0.29, 0.717) is 47.9 Å². The van der Waals surface area contributed by atoms with Crippen molar-refractivity contribution in [3.8, 4) is 17.2 Å². The van der Waals surface area contributed by atoms with E-state index in [2.05, 4.69) is 24.8 Å². The molecule has 8 rings (SSSR count). The topological polar surface area (TPSA) is 94.6 Å². The van der Waals surface area contributed by atoms with E-state index in [-0.39, 0.29) is 54.6 Å². The number of hydrogen-bond acceptors (Lipinski definition) is 8. The van der Waals surface area contributed by atoms with Crippen LogP contribution in [0.1, 0.15) is 84.1 Å². The van der Waals surface area contributed by atoms with Gasteiger partial charge in [0.05, 0.1) is 0 Å². The summed E-state index contributed by atoms with van der Waals surface area (Å²) in [5.74, 6) is 4.67. The number of allylic oxidation sites excluding steroid dienone is 1. The number of nitrogens with zero attached hydrogens (tertiary/aromatic N) is 2. The number of fused-ring (bicyclic) bond motifs is 6. The van der Waals surface area contributed by atoms with Gasteiger partial charge in [0.25, 0.3) is 5.91 Å². The molecule has 2 aliphatic heterocycles. The fourth-order valence-corrected chi connectivity index (χ4v) is 10.3. The molecule has 6 atom stereocenters. The smallest absolute Gasteiger partial charge is 0.305 e. The molecule has 0 bridgehead atoms. The average Bonchev–Trinajstić information content (AvgIpc) is 3.75. The Labute approximate surface area is 325 Å². The standard InChI is InChI=1S/C22H32O3.C20H21ClN2O4.ClH/c1-4-20(24)25-19-8-7-17-16-6-5-14-13-15(23)9-11-21(14,2)18(16)10-12-22(17,19)3;21-16-2-4-17(5-3-16)25-13-20(24)23-9-7-22(8-10-23)12-15-1-6-18-19(11-15)27-14-26-18;/h13,16-19H,4-12H2,1-3H3;1-6,11H,7-10,12-14H2;1H. The quantitative estimate of drug-likeness (QED) is 0.261. The van der Waals surface area contributed by atoms with Gasteiger partial charge in [0.1, 0.15) is 11.9 Å². The Hall–Kier alpha value is -3.27. The van der Waals surface area contributed by atoms with Crippen molar-refractivity contribution < 1.29 is 33.3 Å². The molecular formula is C42H54Cl2N2O7. The van der Waals surface area contributed by atoms with E-state index in [4.69, 9.17) is 30.5 Å². The van der Waals surface area contributed by atoms with Crippen LogP contribution in [0.4, 0.5) is 0 Å². The van der Waals surface area contributed by atoms with Crippen LogP contribution < -0.4 is 14.2 Å². The molecule has 1 amide bonds. The van der Waals surface area contributed by atoms with Crippen LogP contribution in [0, 0.1) is 28.6 Å². The average molecular weight is 770 g/mol. The molecule has 0 N–H and O–H groups in total. The molecule has 288 valence electrons. The number of rotatable bonds is 7. The molecule has 6 aliphatic rings. The molecule has 4 aliphatic carbocycles. The van der Waals surface area contributed by atoms with Crippen LogP contribution in [0.2, 0.25) is 5.02 Å². The molecule has 0 spiro atoms. The van der Waals surface area contributed by atoms with Gasteiger partial charge in [-0.2, -0.15) is 0 Å². The fourth-order valence-electron chi connectivity index (χ4n) is 10.2. The van der Waals surface area contributed by atoms with Crippen LogP contribution in [0.3, 0.4) is 0 Å². The number of piperazine rings is 1. The van der Waals surface area contributed by atoms with Gasteiger partial charge in [-0.15, -0.1) is 12.4 Å². The maximum Gasteiger partial charge on any atom is 0.305 e. The van der Waals surface area contributed by atoms with E-state index in [9.17, 15) is 14.4 Å². The Kier molecular flexibility index (Phi) is 12.4. The van der Waals surface area contributed by atoms with Crippen molar-refractivity contribution in [2.45, 2.75) is 91.2 Å². The lowest BCUT2D eigenvalue weighted by atomic mass is 9.47. The minimum absolute atomic E-state index is 0. The Balaban J connectivity index is 0.000000178. The molecule has 6 unspecified atom stereocenters. The van der Waals surface area contributed by atoms with E-state index in [1.807, 2.05) is 30.0 Å². The van der Waals surface area contributed by atoms with E-state index >= 15 is 0 Å². The Morgan fingerprint density at radius 2 is 1.66 bits per heavy atom. The molecule has 2 aromatic carbocycles. The number of carbonyl (C=O) groups excluding carboxylic acids is 3. The highest BCUT2D eigenvalue weighted by atomic mass is 35.5. The highest BCUT2D eigenvalue weighted by Gasteiger charge is 2.60. The third-order valence-corrected chi connectivity index (χ3v) is 13.4. The number of ether oxygens (including phenoxy) is 4. The molecule has 9 nitrogen and oxygen atoms in total. The first kappa shape index (κ1) is 39.4. The first-order valence-corrected chi connectivity index (χ1v) is 19.6. The van der Waals surface area contributed by atoms with Crippen LogP contribution >= 0.6 is 24.0 Å². The lowest BCUT2D eigenvalue weighted by molar-refractivity contribution is -0.159. The van der Waals surface area contributed by atoms with E-state index < -0.39 is 0 Å². The summed E-state index contributed by atoms with van der Waals surface area (Å²) >= 11 is 5.85. The number of hydrogen-bond donors (Lipinski definition) is 0. The van der Waals surface area contributed by atoms with Crippen molar-refractivity contribution in [3.63, 3.8) is 0 Å². The lowest BCUT2D eigenvalue weighted by Crippen LogP contribution is -2.51. The number of halogens is 2. The summed E-state index contributed by atoms with van der Waals surface area (Å²) in [5, 5.41) is 0.646. The highest BCUT2D eigenvalue weighted by molar-refractivity contribution is 6.30. The SMILES string of the molecule is CCC(=O)OC1CCC2C3CCC4=CC(=O)CCC4(C)C3CCC12C.Cl.O=C(COc1ccc(Cl)cc1)N1CCN(Cc2ccc3c(c2)OCO3)CC1. The van der Waals surface area contributed by atoms with Gasteiger partial charge >= 0.3 is 5.97 Å². The number of ketones is 1. The Morgan fingerprint density at radius 3 is 2.42 bits per heavy atom. The summed E-state index contributed by atoms with van der Waals surface area (Å²) < 4.78 is 22.2. The summed E-state index contributed by atoms with van der Waals surface area (Å²) in [7, 11) is 0. The van der Waals surface area contributed by atoms with Gasteiger partial charge in [-0.05, 0) is 116 Å². The van der Waals surface area contributed by atoms with Gasteiger partial charge in [-0.1, -0.05) is 44.0 Å². The third-order valence-electron chi connectivity index (χ3n) is 13.2. The number of esters is 1. The summed E-state index contributed by atoms with van der Waals surface area (Å²) in [6.45, 7) is 10.9. The van der Waals surface area contributed by atoms with E-state index in [1.165, 1.54) is 30.4 Å². The van der Waals surface area contributed by atoms with Gasteiger partial charge < -0.3 is 23.8 Å². The maximum atomic E-state index is 12.4. The lowest BCUT2D eigenvalue weighted by Gasteiger charge is -2.57. The van der Waals surface area contributed by atoms with Crippen molar-refractivity contribution in [2.24, 2.45) is 28.6 Å². The summed E-state index contributed by atoms with van der Waals surface area (Å²) in [4.78, 5) is 40.3. The van der Waals surface area contributed by atoms with Crippen LogP contribution in [-0.2, 0) is 25.7 Å². The largest absolute Gasteiger partial charge is 0.484 e. The minimum atomic E-state index is -0.0411. The van der Waals surface area contributed by atoms with Gasteiger partial charge in [-0.25, -0.2) is 0 Å². The molecule has 2 heterocycles. The van der Waals surface area contributed by atoms with E-state index in [0.717, 1.165) is 69.2 Å². The highest BCUT2D eigenvalue weighted by Crippen LogP contribution is 2.65. The molecule has 1 saturated heterocycles. The normalized spacial score (nSPS) is 30.0. The molecular weight excluding hydrogens is 715 g/mol. The number of carbonyl (C=O) groups is 3. The Morgan fingerprint density at radius 1 is 0.906 bits per heavy atom. The number of amides is 1. The molecule has 11 heteroatoms. The van der Waals surface area contributed by atoms with Gasteiger partial charge in [0.15, 0.2) is 23.9 Å². The van der Waals surface area contributed by atoms with Crippen LogP contribution in [0.5, 0.6) is 17.2 Å². The van der Waals surface area contributed by atoms with Crippen LogP contribution in [0.15, 0.2) is 54.1 Å². The first-order valence-electron chi connectivity index (χ1n) is 19.3. The summed E-state index contributed by atoms with van der Waals surface area (Å²) in [5.41, 5.74) is 3.01.